The van der Waals surface area contributed by atoms with Gasteiger partial charge in [0.05, 0.1) is 24.8 Å². The molecule has 3 aromatic rings. The summed E-state index contributed by atoms with van der Waals surface area (Å²) in [7, 11) is 3.69. The van der Waals surface area contributed by atoms with Crippen LogP contribution in [0.2, 0.25) is 0 Å². The van der Waals surface area contributed by atoms with Crippen molar-refractivity contribution in [2.75, 3.05) is 50.3 Å². The van der Waals surface area contributed by atoms with Gasteiger partial charge in [0.25, 0.3) is 5.91 Å². The summed E-state index contributed by atoms with van der Waals surface area (Å²) in [5.41, 5.74) is 5.43. The molecular formula is C78H112N14O28S3. The standard InChI is InChI=1S/C78H112N14O28S3/c1-10-16-63(101)119-40-92(72(108)64(42(5)11-2)88-70(107)57-18-13-15-30-91(57)9)58(41(3)4)37-59(120-45(8)93)71-85-55(38-121-71)69(106)80-49(34-46-19-25-50(94)26-20-46)33-43(6)65(102)89-90-78(117)118-31-32-122-123-39-56(75(113)114)84-68(105)54(36-62(99)100)83-67(104)53(35-61(97)98)82-66(103)44(7)47-21-23-48(24-22-47)81-76(115)79-29-14-12-17-51(73(109)110)86-77(116)87-52(74(111)112)27-28-60(95)96/h19-26,38,41-44,49,51-54,56-59,64,94H,10-18,27-37,39-40H2,1-9H3,(H,80,106)(H,82,103)(H,83,104)(H,84,105)(H,88,107)(H,89,102)(H,90,117)(H,95,96)(H,97,98)(H,99,100)(H,109,110)(H,111,112)(H,113,114)(H2,79,81,115)(H2,86,87,116)/t42?,43-,44+,49+,51-,52-,53-,54-,56-,57+,58+,59+,64-/m0/s1. The number of nitrogens with zero attached hydrogens (tertiary/aromatic N) is 3. The lowest BCUT2D eigenvalue weighted by molar-refractivity contribution is -0.161. The maximum atomic E-state index is 15.0. The van der Waals surface area contributed by atoms with E-state index in [9.17, 15) is 112 Å². The second kappa shape index (κ2) is 53.3. The fourth-order valence-corrected chi connectivity index (χ4v) is 15.3. The van der Waals surface area contributed by atoms with Crippen molar-refractivity contribution in [3.8, 4) is 5.75 Å². The van der Waals surface area contributed by atoms with Crippen molar-refractivity contribution in [2.45, 2.75) is 225 Å². The first-order chi connectivity index (χ1) is 58.1. The summed E-state index contributed by atoms with van der Waals surface area (Å²) in [6.07, 6.45) is -1.87. The Morgan fingerprint density at radius 1 is 0.642 bits per heavy atom. The molecule has 680 valence electrons. The summed E-state index contributed by atoms with van der Waals surface area (Å²) < 4.78 is 16.7. The Kier molecular flexibility index (Phi) is 45.0. The summed E-state index contributed by atoms with van der Waals surface area (Å²) >= 11 is 0.999. The Morgan fingerprint density at radius 3 is 1.82 bits per heavy atom. The molecule has 4 rings (SSSR count). The maximum Gasteiger partial charge on any atom is 0.426 e. The zero-order valence-electron chi connectivity index (χ0n) is 69.6. The number of phenolic OH excluding ortho intramolecular Hbond substituents is 1. The lowest BCUT2D eigenvalue weighted by atomic mass is 9.92. The van der Waals surface area contributed by atoms with Crippen molar-refractivity contribution in [1.29, 1.82) is 0 Å². The van der Waals surface area contributed by atoms with Crippen LogP contribution in [0.4, 0.5) is 20.1 Å². The number of carbonyl (C=O) groups is 18. The number of ether oxygens (including phenoxy) is 3. The van der Waals surface area contributed by atoms with Gasteiger partial charge in [-0.05, 0) is 126 Å². The van der Waals surface area contributed by atoms with Crippen LogP contribution in [-0.4, -0.2) is 257 Å². The fourth-order valence-electron chi connectivity index (χ4n) is 12.5. The van der Waals surface area contributed by atoms with Crippen LogP contribution in [0.15, 0.2) is 53.9 Å². The van der Waals surface area contributed by atoms with E-state index < -0.39 is 212 Å². The molecule has 18 N–H and O–H groups in total. The second-order valence-electron chi connectivity index (χ2n) is 29.6. The first kappa shape index (κ1) is 104. The van der Waals surface area contributed by atoms with E-state index in [1.807, 2.05) is 45.0 Å². The van der Waals surface area contributed by atoms with Crippen LogP contribution in [0.3, 0.4) is 0 Å². The number of unbranched alkanes of at least 4 members (excludes halogenated alkanes) is 1. The molecule has 1 unspecified atom stereocenters. The minimum Gasteiger partial charge on any atom is -0.508 e. The van der Waals surface area contributed by atoms with Gasteiger partial charge in [0.2, 0.25) is 35.4 Å². The van der Waals surface area contributed by atoms with Gasteiger partial charge in [-0.2, -0.15) is 0 Å². The smallest absolute Gasteiger partial charge is 0.426 e. The number of piperidine rings is 1. The minimum atomic E-state index is -2.02. The molecular weight excluding hydrogens is 1680 g/mol. The van der Waals surface area contributed by atoms with Crippen molar-refractivity contribution in [3.05, 3.63) is 75.7 Å². The summed E-state index contributed by atoms with van der Waals surface area (Å²) in [5, 5.41) is 90.3. The summed E-state index contributed by atoms with van der Waals surface area (Å²) in [6, 6.07) is -2.00. The fraction of sp³-hybridized carbons (Fsp3) is 0.577. The van der Waals surface area contributed by atoms with E-state index in [1.165, 1.54) is 67.4 Å². The predicted molar refractivity (Wildman–Crippen MR) is 444 cm³/mol. The number of likely N-dealkylation sites (N-methyl/N-ethyl adjacent to an activating group) is 1. The summed E-state index contributed by atoms with van der Waals surface area (Å²) in [4.78, 5) is 239. The van der Waals surface area contributed by atoms with Crippen LogP contribution in [0, 0.1) is 17.8 Å². The van der Waals surface area contributed by atoms with Crippen LogP contribution < -0.4 is 58.7 Å². The SMILES string of the molecule is CCCC(=O)OCN(C(=O)[C@@H](NC(=O)[C@H]1CCCCN1C)C(C)CC)[C@H](C[C@@H](OC(C)=O)c1nc(C(=O)N[C@@H](Cc2ccc(O)cc2)C[C@H](C)C(=O)NNC(=O)OCCSSC[C@H](NC(=O)[C@H](CC(=O)O)NC(=O)[C@H](CC(=O)O)NC(=O)[C@H](C)c2ccc(NC(=O)NCCCC[C@H](NC(=O)N[C@@H](CCC(=O)O)C(=O)O)C(=O)O)cc2)C(=O)O)cs1)C(C)C. The number of aromatic nitrogens is 1. The zero-order valence-corrected chi connectivity index (χ0v) is 72.1. The normalized spacial score (nSPS) is 15.4. The second-order valence-corrected chi connectivity index (χ2v) is 33.1. The molecule has 2 heterocycles. The number of carbonyl (C=O) groups excluding carboxylic acids is 12. The Bertz CT molecular complexity index is 4120. The monoisotopic (exact) mass is 1790 g/mol. The van der Waals surface area contributed by atoms with Crippen molar-refractivity contribution in [2.24, 2.45) is 17.8 Å². The van der Waals surface area contributed by atoms with Crippen LogP contribution in [0.25, 0.3) is 0 Å². The van der Waals surface area contributed by atoms with Gasteiger partial charge in [-0.25, -0.2) is 39.2 Å². The highest BCUT2D eigenvalue weighted by atomic mass is 33.1. The average Bonchev–Trinajstić information content (AvgIpc) is 1.80. The Labute approximate surface area is 720 Å². The number of likely N-dealkylation sites (tertiary alicyclic amines) is 1. The number of hydrogen-bond donors (Lipinski definition) is 18. The lowest BCUT2D eigenvalue weighted by Gasteiger charge is -2.39. The number of esters is 2. The summed E-state index contributed by atoms with van der Waals surface area (Å²) in [6.45, 7) is 13.2. The molecule has 42 nitrogen and oxygen atoms in total. The number of rotatable bonds is 53. The van der Waals surface area contributed by atoms with Crippen molar-refractivity contribution < 1.29 is 136 Å². The van der Waals surface area contributed by atoms with E-state index in [1.54, 1.807) is 19.1 Å². The molecule has 1 saturated heterocycles. The molecule has 12 amide bonds. The highest BCUT2D eigenvalue weighted by Gasteiger charge is 2.41. The molecule has 0 bridgehead atoms. The van der Waals surface area contributed by atoms with E-state index in [4.69, 9.17) is 19.3 Å². The number of benzene rings is 2. The topological polar surface area (TPSA) is 628 Å². The molecule has 123 heavy (non-hydrogen) atoms. The highest BCUT2D eigenvalue weighted by molar-refractivity contribution is 8.76. The number of urea groups is 2. The van der Waals surface area contributed by atoms with Crippen LogP contribution in [-0.2, 0) is 87.8 Å². The number of thiazole rings is 1. The number of phenols is 1. The van der Waals surface area contributed by atoms with E-state index in [2.05, 4.69) is 58.4 Å². The number of carboxylic acid groups (broad SMARTS) is 6. The van der Waals surface area contributed by atoms with Gasteiger partial charge in [0.1, 0.15) is 59.3 Å². The van der Waals surface area contributed by atoms with Gasteiger partial charge in [-0.15, -0.1) is 11.3 Å². The molecule has 1 aliphatic heterocycles. The predicted octanol–water partition coefficient (Wildman–Crippen LogP) is 4.17. The molecule has 0 spiro atoms. The van der Waals surface area contributed by atoms with Gasteiger partial charge in [-0.1, -0.05) is 100 Å². The molecule has 2 aromatic carbocycles. The molecule has 0 aliphatic carbocycles. The van der Waals surface area contributed by atoms with Gasteiger partial charge < -0.3 is 103 Å². The minimum absolute atomic E-state index is 0.00293. The first-order valence-electron chi connectivity index (χ1n) is 39.7. The molecule has 13 atom stereocenters. The molecule has 1 fully saturated rings. The first-order valence-corrected chi connectivity index (χ1v) is 43.1. The molecule has 0 radical (unpaired) electrons. The average molecular weight is 1790 g/mol. The Hall–Kier alpha value is -11.6. The van der Waals surface area contributed by atoms with Gasteiger partial charge in [0, 0.05) is 73.3 Å². The number of amides is 12. The quantitative estimate of drug-likeness (QED) is 0.00941. The third kappa shape index (κ3) is 37.7. The molecule has 0 saturated carbocycles. The third-order valence-electron chi connectivity index (χ3n) is 19.5. The van der Waals surface area contributed by atoms with Crippen LogP contribution in [0.1, 0.15) is 190 Å². The third-order valence-corrected chi connectivity index (χ3v) is 22.8. The van der Waals surface area contributed by atoms with Gasteiger partial charge in [-0.3, -0.25) is 67.9 Å². The van der Waals surface area contributed by atoms with Crippen LogP contribution >= 0.6 is 32.9 Å². The highest BCUT2D eigenvalue weighted by Crippen LogP contribution is 2.33. The number of carboxylic acids is 6. The Balaban J connectivity index is 1.31. The van der Waals surface area contributed by atoms with Gasteiger partial charge in [0.15, 0.2) is 12.8 Å². The number of nitrogens with one attached hydrogen (secondary N) is 11. The maximum absolute atomic E-state index is 15.0. The van der Waals surface area contributed by atoms with E-state index in [0.717, 1.165) is 45.8 Å². The van der Waals surface area contributed by atoms with Gasteiger partial charge >= 0.3 is 65.9 Å². The number of hydrazine groups is 1. The van der Waals surface area contributed by atoms with E-state index in [0.29, 0.717) is 31.4 Å². The number of hydrogen-bond acceptors (Lipinski definition) is 27. The Morgan fingerprint density at radius 2 is 1.25 bits per heavy atom. The summed E-state index contributed by atoms with van der Waals surface area (Å²) in [5.74, 6) is -19.4. The largest absolute Gasteiger partial charge is 0.508 e. The number of aromatic hydroxyl groups is 1. The molecule has 1 aliphatic rings. The van der Waals surface area contributed by atoms with Crippen molar-refractivity contribution in [3.63, 3.8) is 0 Å². The van der Waals surface area contributed by atoms with Crippen molar-refractivity contribution in [1.82, 2.24) is 68.2 Å². The van der Waals surface area contributed by atoms with Crippen molar-refractivity contribution >= 4 is 146 Å². The number of aliphatic carboxylic acids is 6. The lowest BCUT2D eigenvalue weighted by Crippen LogP contribution is -2.59. The zero-order chi connectivity index (χ0) is 91.7. The number of anilines is 1. The molecule has 45 heteroatoms. The van der Waals surface area contributed by atoms with Crippen LogP contribution in [0.5, 0.6) is 5.75 Å². The van der Waals surface area contributed by atoms with E-state index in [-0.39, 0.29) is 109 Å². The molecule has 1 aromatic heterocycles. The van der Waals surface area contributed by atoms with E-state index >= 15 is 4.79 Å².